The van der Waals surface area contributed by atoms with Crippen LogP contribution in [-0.2, 0) is 9.53 Å². The van der Waals surface area contributed by atoms with Crippen LogP contribution in [0.25, 0.3) is 0 Å². The summed E-state index contributed by atoms with van der Waals surface area (Å²) >= 11 is 1.50. The van der Waals surface area contributed by atoms with Gasteiger partial charge in [0.25, 0.3) is 0 Å². The fourth-order valence-corrected chi connectivity index (χ4v) is 3.94. The van der Waals surface area contributed by atoms with E-state index in [2.05, 4.69) is 37.6 Å². The van der Waals surface area contributed by atoms with Crippen LogP contribution in [0.2, 0.25) is 0 Å². The molecule has 2 aromatic carbocycles. The van der Waals surface area contributed by atoms with E-state index >= 15 is 0 Å². The van der Waals surface area contributed by atoms with Gasteiger partial charge in [0.05, 0.1) is 19.3 Å². The molecule has 162 valence electrons. The second-order valence-corrected chi connectivity index (χ2v) is 8.09. The highest BCUT2D eigenvalue weighted by atomic mass is 32.2. The Morgan fingerprint density at radius 1 is 1.06 bits per heavy atom. The Kier molecular flexibility index (Phi) is 7.17. The molecular formula is C23H22N6O2S. The monoisotopic (exact) mass is 446 g/mol. The number of anilines is 4. The molecule has 0 spiro atoms. The molecule has 2 N–H and O–H groups in total. The minimum atomic E-state index is -0.322. The van der Waals surface area contributed by atoms with Gasteiger partial charge >= 0.3 is 0 Å². The third-order valence-electron chi connectivity index (χ3n) is 4.73. The lowest BCUT2D eigenvalue weighted by Gasteiger charge is -2.28. The molecule has 0 bridgehead atoms. The zero-order valence-electron chi connectivity index (χ0n) is 17.3. The molecule has 1 aliphatic heterocycles. The van der Waals surface area contributed by atoms with E-state index in [1.54, 1.807) is 18.3 Å². The second-order valence-electron chi connectivity index (χ2n) is 7.00. The molecule has 0 unspecified atom stereocenters. The minimum Gasteiger partial charge on any atom is -0.378 e. The van der Waals surface area contributed by atoms with E-state index in [4.69, 9.17) is 10.00 Å². The van der Waals surface area contributed by atoms with Gasteiger partial charge in [-0.25, -0.2) is 9.97 Å². The molecular weight excluding hydrogens is 424 g/mol. The Hall–Kier alpha value is -3.61. The van der Waals surface area contributed by atoms with Gasteiger partial charge in [0.15, 0.2) is 0 Å². The second kappa shape index (κ2) is 10.6. The summed E-state index contributed by atoms with van der Waals surface area (Å²) in [6.07, 6.45) is 1.55. The van der Waals surface area contributed by atoms with Crippen LogP contribution in [-0.4, -0.2) is 42.2 Å². The normalized spacial score (nSPS) is 13.3. The van der Waals surface area contributed by atoms with Gasteiger partial charge < -0.3 is 20.3 Å². The SMILES string of the molecule is N#CCC(=O)Nc1ccc(Sc2ccnc(Nc3ccc(N4CCOCC4)cc3)n2)cc1. The Balaban J connectivity index is 1.36. The van der Waals surface area contributed by atoms with Crippen molar-refractivity contribution in [3.05, 3.63) is 60.8 Å². The number of rotatable bonds is 7. The molecule has 3 aromatic rings. The van der Waals surface area contributed by atoms with Crippen LogP contribution in [0.3, 0.4) is 0 Å². The number of aromatic nitrogens is 2. The first-order chi connectivity index (χ1) is 15.7. The van der Waals surface area contributed by atoms with Crippen LogP contribution < -0.4 is 15.5 Å². The van der Waals surface area contributed by atoms with Gasteiger partial charge in [-0.3, -0.25) is 4.79 Å². The van der Waals surface area contributed by atoms with Crippen molar-refractivity contribution in [2.75, 3.05) is 41.8 Å². The summed E-state index contributed by atoms with van der Waals surface area (Å²) < 4.78 is 5.41. The van der Waals surface area contributed by atoms with E-state index in [1.807, 2.05) is 36.4 Å². The van der Waals surface area contributed by atoms with Crippen LogP contribution in [0.4, 0.5) is 23.0 Å². The molecule has 8 nitrogen and oxygen atoms in total. The third kappa shape index (κ3) is 5.97. The largest absolute Gasteiger partial charge is 0.378 e. The smallest absolute Gasteiger partial charge is 0.238 e. The molecule has 4 rings (SSSR count). The van der Waals surface area contributed by atoms with Crippen molar-refractivity contribution in [1.82, 2.24) is 9.97 Å². The number of amides is 1. The van der Waals surface area contributed by atoms with Gasteiger partial charge in [0.2, 0.25) is 11.9 Å². The molecule has 1 aliphatic rings. The van der Waals surface area contributed by atoms with Gasteiger partial charge in [-0.1, -0.05) is 11.8 Å². The molecule has 2 heterocycles. The van der Waals surface area contributed by atoms with Crippen molar-refractivity contribution in [2.24, 2.45) is 0 Å². The fraction of sp³-hybridized carbons (Fsp3) is 0.217. The van der Waals surface area contributed by atoms with Crippen molar-refractivity contribution in [2.45, 2.75) is 16.3 Å². The molecule has 0 radical (unpaired) electrons. The average Bonchev–Trinajstić information content (AvgIpc) is 2.82. The van der Waals surface area contributed by atoms with Gasteiger partial charge in [-0.05, 0) is 54.6 Å². The Morgan fingerprint density at radius 2 is 1.78 bits per heavy atom. The number of carbonyl (C=O) groups is 1. The maximum atomic E-state index is 11.5. The zero-order chi connectivity index (χ0) is 22.2. The third-order valence-corrected chi connectivity index (χ3v) is 5.67. The van der Waals surface area contributed by atoms with E-state index in [0.29, 0.717) is 11.6 Å². The van der Waals surface area contributed by atoms with Crippen LogP contribution >= 0.6 is 11.8 Å². The molecule has 1 fully saturated rings. The topological polar surface area (TPSA) is 103 Å². The molecule has 1 aromatic heterocycles. The summed E-state index contributed by atoms with van der Waals surface area (Å²) in [6.45, 7) is 3.33. The van der Waals surface area contributed by atoms with E-state index in [0.717, 1.165) is 41.9 Å². The number of ether oxygens (including phenoxy) is 1. The number of morpholine rings is 1. The van der Waals surface area contributed by atoms with Gasteiger partial charge in [0.1, 0.15) is 11.4 Å². The molecule has 0 aliphatic carbocycles. The maximum absolute atomic E-state index is 11.5. The van der Waals surface area contributed by atoms with Crippen LogP contribution in [0, 0.1) is 11.3 Å². The molecule has 0 atom stereocenters. The number of nitrogens with zero attached hydrogens (tertiary/aromatic N) is 4. The predicted molar refractivity (Wildman–Crippen MR) is 124 cm³/mol. The van der Waals surface area contributed by atoms with Gasteiger partial charge in [-0.2, -0.15) is 5.26 Å². The fourth-order valence-electron chi connectivity index (χ4n) is 3.17. The highest BCUT2D eigenvalue weighted by Crippen LogP contribution is 2.28. The van der Waals surface area contributed by atoms with E-state index in [-0.39, 0.29) is 12.3 Å². The van der Waals surface area contributed by atoms with Crippen molar-refractivity contribution in [3.8, 4) is 6.07 Å². The van der Waals surface area contributed by atoms with Crippen molar-refractivity contribution < 1.29 is 9.53 Å². The molecule has 1 amide bonds. The number of nitriles is 1. The van der Waals surface area contributed by atoms with Crippen LogP contribution in [0.5, 0.6) is 0 Å². The Bertz CT molecular complexity index is 1090. The Labute approximate surface area is 190 Å². The summed E-state index contributed by atoms with van der Waals surface area (Å²) in [7, 11) is 0. The van der Waals surface area contributed by atoms with Crippen molar-refractivity contribution in [3.63, 3.8) is 0 Å². The van der Waals surface area contributed by atoms with Crippen molar-refractivity contribution in [1.29, 1.82) is 5.26 Å². The van der Waals surface area contributed by atoms with Crippen LogP contribution in [0.1, 0.15) is 6.42 Å². The number of hydrogen-bond donors (Lipinski definition) is 2. The predicted octanol–water partition coefficient (Wildman–Crippen LogP) is 4.06. The summed E-state index contributed by atoms with van der Waals surface area (Å²) in [5.41, 5.74) is 2.75. The number of benzene rings is 2. The number of hydrogen-bond acceptors (Lipinski definition) is 8. The lowest BCUT2D eigenvalue weighted by molar-refractivity contribution is -0.115. The summed E-state index contributed by atoms with van der Waals surface area (Å²) in [5, 5.41) is 15.3. The Morgan fingerprint density at radius 3 is 2.50 bits per heavy atom. The first-order valence-corrected chi connectivity index (χ1v) is 11.0. The first kappa shape index (κ1) is 21.6. The van der Waals surface area contributed by atoms with Gasteiger partial charge in [-0.15, -0.1) is 0 Å². The highest BCUT2D eigenvalue weighted by Gasteiger charge is 2.11. The lowest BCUT2D eigenvalue weighted by Crippen LogP contribution is -2.36. The van der Waals surface area contributed by atoms with E-state index < -0.39 is 0 Å². The number of nitrogens with one attached hydrogen (secondary N) is 2. The molecule has 1 saturated heterocycles. The van der Waals surface area contributed by atoms with Crippen LogP contribution in [0.15, 0.2) is 70.7 Å². The first-order valence-electron chi connectivity index (χ1n) is 10.2. The van der Waals surface area contributed by atoms with E-state index in [9.17, 15) is 4.79 Å². The van der Waals surface area contributed by atoms with E-state index in [1.165, 1.54) is 17.4 Å². The highest BCUT2D eigenvalue weighted by molar-refractivity contribution is 7.99. The van der Waals surface area contributed by atoms with Crippen molar-refractivity contribution >= 4 is 40.7 Å². The number of carbonyl (C=O) groups excluding carboxylic acids is 1. The molecule has 9 heteroatoms. The van der Waals surface area contributed by atoms with Gasteiger partial charge in [0, 0.05) is 41.2 Å². The summed E-state index contributed by atoms with van der Waals surface area (Å²) in [4.78, 5) is 23.7. The maximum Gasteiger partial charge on any atom is 0.238 e. The minimum absolute atomic E-state index is 0.164. The summed E-state index contributed by atoms with van der Waals surface area (Å²) in [6, 6.07) is 19.3. The zero-order valence-corrected chi connectivity index (χ0v) is 18.1. The summed E-state index contributed by atoms with van der Waals surface area (Å²) in [5.74, 6) is 0.201. The lowest BCUT2D eigenvalue weighted by atomic mass is 10.2. The quantitative estimate of drug-likeness (QED) is 0.524. The standard InChI is InChI=1S/C23H22N6O2S/c24-11-9-21(30)26-17-3-7-20(8-4-17)32-22-10-12-25-23(28-22)27-18-1-5-19(6-2-18)29-13-15-31-16-14-29/h1-8,10,12H,9,13-16H2,(H,26,30)(H,25,27,28). The average molecular weight is 447 g/mol. The molecule has 0 saturated carbocycles. The molecule has 32 heavy (non-hydrogen) atoms.